The van der Waals surface area contributed by atoms with Crippen LogP contribution in [0.2, 0.25) is 0 Å². The maximum atomic E-state index is 11.7. The number of amides is 1. The Bertz CT molecular complexity index is 641. The molecule has 152 valence electrons. The molecule has 9 nitrogen and oxygen atoms in total. The third-order valence-corrected chi connectivity index (χ3v) is 4.18. The number of pyridine rings is 1. The number of hydrogen-bond acceptors (Lipinski definition) is 6. The van der Waals surface area contributed by atoms with Crippen LogP contribution in [0, 0.1) is 11.5 Å². The molecule has 1 saturated heterocycles. The van der Waals surface area contributed by atoms with E-state index < -0.39 is 0 Å². The second kappa shape index (κ2) is 13.5. The van der Waals surface area contributed by atoms with E-state index in [4.69, 9.17) is 14.8 Å². The van der Waals surface area contributed by atoms with Gasteiger partial charge in [0.25, 0.3) is 0 Å². The fraction of sp³-hybridized carbons (Fsp3) is 0.579. The normalized spacial score (nSPS) is 16.4. The minimum Gasteiger partial charge on any atom is -0.379 e. The van der Waals surface area contributed by atoms with E-state index in [9.17, 15) is 4.79 Å². The van der Waals surface area contributed by atoms with Crippen molar-refractivity contribution in [2.75, 3.05) is 25.1 Å². The summed E-state index contributed by atoms with van der Waals surface area (Å²) < 4.78 is 5.18. The summed E-state index contributed by atoms with van der Waals surface area (Å²) in [5.41, 5.74) is 3.32. The first-order valence-corrected chi connectivity index (χ1v) is 9.67. The summed E-state index contributed by atoms with van der Waals surface area (Å²) in [5, 5.41) is 14.4. The summed E-state index contributed by atoms with van der Waals surface area (Å²) in [4.78, 5) is 25.3. The smallest absolute Gasteiger partial charge is 0.243 e. The number of carbonyl (C=O) groups excluding carboxylic acids is 1. The first-order valence-electron chi connectivity index (χ1n) is 9.67. The highest BCUT2D eigenvalue weighted by molar-refractivity contribution is 5.94. The number of rotatable bonds is 11. The van der Waals surface area contributed by atoms with Gasteiger partial charge in [0.05, 0.1) is 6.61 Å². The van der Waals surface area contributed by atoms with Crippen LogP contribution < -0.4 is 16.1 Å². The Morgan fingerprint density at radius 3 is 2.82 bits per heavy atom. The molecule has 1 aliphatic heterocycles. The highest BCUT2D eigenvalue weighted by Gasteiger charge is 2.17. The van der Waals surface area contributed by atoms with Crippen molar-refractivity contribution in [1.82, 2.24) is 15.8 Å². The van der Waals surface area contributed by atoms with Crippen LogP contribution >= 0.6 is 0 Å². The molecule has 9 heteroatoms. The number of hydrogen-bond donors (Lipinski definition) is 3. The fourth-order valence-electron chi connectivity index (χ4n) is 2.66. The summed E-state index contributed by atoms with van der Waals surface area (Å²) in [6.45, 7) is 1.87. The van der Waals surface area contributed by atoms with E-state index in [2.05, 4.69) is 26.1 Å². The van der Waals surface area contributed by atoms with E-state index in [0.717, 1.165) is 44.2 Å². The van der Waals surface area contributed by atoms with Gasteiger partial charge in [-0.1, -0.05) is 19.3 Å². The molecule has 1 aromatic heterocycles. The van der Waals surface area contributed by atoms with Gasteiger partial charge in [0.15, 0.2) is 6.19 Å². The third kappa shape index (κ3) is 9.30. The molecule has 1 unspecified atom stereocenters. The lowest BCUT2D eigenvalue weighted by atomic mass is 10.1. The number of nitrogens with one attached hydrogen (secondary N) is 3. The lowest BCUT2D eigenvalue weighted by Gasteiger charge is -2.10. The van der Waals surface area contributed by atoms with Crippen molar-refractivity contribution >= 4 is 17.6 Å². The van der Waals surface area contributed by atoms with Crippen LogP contribution in [-0.4, -0.2) is 42.7 Å². The standard InChI is InChI=1S/C19H28N6O3/c20-15-23-19(24-16-7-11-21-12-8-16)22-10-5-3-1-2-4-6-18(26)25-28-17-9-13-27-14-17/h7-8,11-12,17H,1-6,9-10,13-14H2,(H,25,26)(H2,21,22,23,24). The highest BCUT2D eigenvalue weighted by atomic mass is 16.7. The largest absolute Gasteiger partial charge is 0.379 e. The second-order valence-corrected chi connectivity index (χ2v) is 6.47. The van der Waals surface area contributed by atoms with Crippen molar-refractivity contribution in [2.24, 2.45) is 4.99 Å². The zero-order valence-corrected chi connectivity index (χ0v) is 16.0. The lowest BCUT2D eigenvalue weighted by molar-refractivity contribution is -0.138. The number of aliphatic imine (C=N–C) groups is 1. The first kappa shape index (κ1) is 21.6. The Hall–Kier alpha value is -2.70. The maximum Gasteiger partial charge on any atom is 0.243 e. The molecule has 2 heterocycles. The van der Waals surface area contributed by atoms with Crippen molar-refractivity contribution in [1.29, 1.82) is 5.26 Å². The van der Waals surface area contributed by atoms with Gasteiger partial charge in [-0.25, -0.2) is 5.48 Å². The summed E-state index contributed by atoms with van der Waals surface area (Å²) in [6.07, 6.45) is 11.3. The van der Waals surface area contributed by atoms with Crippen LogP contribution in [0.1, 0.15) is 44.9 Å². The molecule has 3 N–H and O–H groups in total. The Balaban J connectivity index is 1.49. The summed E-state index contributed by atoms with van der Waals surface area (Å²) in [6, 6.07) is 3.61. The Morgan fingerprint density at radius 1 is 1.29 bits per heavy atom. The van der Waals surface area contributed by atoms with Gasteiger partial charge in [0.1, 0.15) is 6.10 Å². The van der Waals surface area contributed by atoms with Gasteiger partial charge in [0, 0.05) is 44.1 Å². The average molecular weight is 388 g/mol. The van der Waals surface area contributed by atoms with E-state index in [0.29, 0.717) is 32.1 Å². The zero-order valence-electron chi connectivity index (χ0n) is 16.0. The van der Waals surface area contributed by atoms with Crippen LogP contribution in [-0.2, 0) is 14.4 Å². The van der Waals surface area contributed by atoms with Crippen LogP contribution in [0.25, 0.3) is 0 Å². The fourth-order valence-corrected chi connectivity index (χ4v) is 2.66. The Labute approximate surface area is 165 Å². The van der Waals surface area contributed by atoms with Crippen molar-refractivity contribution in [3.8, 4) is 6.19 Å². The number of hydroxylamine groups is 1. The molecule has 0 aliphatic carbocycles. The SMILES string of the molecule is N#CNC(=NCCCCCCCC(=O)NOC1CCOC1)Nc1ccncc1. The molecule has 2 rings (SSSR count). The van der Waals surface area contributed by atoms with E-state index >= 15 is 0 Å². The van der Waals surface area contributed by atoms with Crippen LogP contribution in [0.4, 0.5) is 5.69 Å². The maximum absolute atomic E-state index is 11.7. The number of carbonyl (C=O) groups is 1. The molecular weight excluding hydrogens is 360 g/mol. The van der Waals surface area contributed by atoms with Gasteiger partial charge < -0.3 is 10.1 Å². The quantitative estimate of drug-likeness (QED) is 0.133. The molecule has 0 aromatic carbocycles. The highest BCUT2D eigenvalue weighted by Crippen LogP contribution is 2.08. The van der Waals surface area contributed by atoms with Crippen LogP contribution in [0.3, 0.4) is 0 Å². The third-order valence-electron chi connectivity index (χ3n) is 4.18. The van der Waals surface area contributed by atoms with Crippen molar-refractivity contribution in [3.05, 3.63) is 24.5 Å². The summed E-state index contributed by atoms with van der Waals surface area (Å²) >= 11 is 0. The van der Waals surface area contributed by atoms with Gasteiger partial charge in [-0.05, 0) is 25.0 Å². The van der Waals surface area contributed by atoms with Gasteiger partial charge in [-0.3, -0.25) is 24.9 Å². The predicted octanol–water partition coefficient (Wildman–Crippen LogP) is 2.10. The molecule has 1 aliphatic rings. The van der Waals surface area contributed by atoms with Crippen LogP contribution in [0.15, 0.2) is 29.5 Å². The number of unbranched alkanes of at least 4 members (excludes halogenated alkanes) is 4. The molecule has 0 radical (unpaired) electrons. The Morgan fingerprint density at radius 2 is 2.07 bits per heavy atom. The molecule has 28 heavy (non-hydrogen) atoms. The van der Waals surface area contributed by atoms with Gasteiger partial charge in [0.2, 0.25) is 11.9 Å². The summed E-state index contributed by atoms with van der Waals surface area (Å²) in [5.74, 6) is 0.351. The van der Waals surface area contributed by atoms with Crippen molar-refractivity contribution in [2.45, 2.75) is 51.0 Å². The number of anilines is 1. The molecule has 1 atom stereocenters. The van der Waals surface area contributed by atoms with Gasteiger partial charge in [-0.15, -0.1) is 0 Å². The van der Waals surface area contributed by atoms with E-state index in [-0.39, 0.29) is 12.0 Å². The van der Waals surface area contributed by atoms with E-state index in [1.54, 1.807) is 24.5 Å². The number of aromatic nitrogens is 1. The molecule has 1 aromatic rings. The second-order valence-electron chi connectivity index (χ2n) is 6.47. The predicted molar refractivity (Wildman–Crippen MR) is 105 cm³/mol. The van der Waals surface area contributed by atoms with Crippen molar-refractivity contribution < 1.29 is 14.4 Å². The average Bonchev–Trinajstić information content (AvgIpc) is 3.23. The number of nitriles is 1. The van der Waals surface area contributed by atoms with Crippen LogP contribution in [0.5, 0.6) is 0 Å². The number of guanidine groups is 1. The summed E-state index contributed by atoms with van der Waals surface area (Å²) in [7, 11) is 0. The lowest BCUT2D eigenvalue weighted by Crippen LogP contribution is -2.29. The molecular formula is C19H28N6O3. The zero-order chi connectivity index (χ0) is 19.9. The number of nitrogens with zero attached hydrogens (tertiary/aromatic N) is 3. The number of ether oxygens (including phenoxy) is 1. The molecule has 1 fully saturated rings. The van der Waals surface area contributed by atoms with Crippen molar-refractivity contribution in [3.63, 3.8) is 0 Å². The first-order chi connectivity index (χ1) is 13.8. The minimum absolute atomic E-state index is 0.0158. The van der Waals surface area contributed by atoms with E-state index in [1.165, 1.54) is 0 Å². The molecule has 1 amide bonds. The Kier molecular flexibility index (Phi) is 10.4. The molecule has 0 saturated carbocycles. The molecule has 0 spiro atoms. The topological polar surface area (TPSA) is 121 Å². The molecule has 0 bridgehead atoms. The monoisotopic (exact) mass is 388 g/mol. The minimum atomic E-state index is -0.0779. The van der Waals surface area contributed by atoms with Gasteiger partial charge >= 0.3 is 0 Å². The van der Waals surface area contributed by atoms with Gasteiger partial charge in [-0.2, -0.15) is 5.26 Å². The van der Waals surface area contributed by atoms with E-state index in [1.807, 2.05) is 6.19 Å².